The maximum absolute atomic E-state index is 12.0. The van der Waals surface area contributed by atoms with Gasteiger partial charge in [-0.3, -0.25) is 13.7 Å². The van der Waals surface area contributed by atoms with Crippen LogP contribution in [0.5, 0.6) is 5.75 Å². The molecule has 0 radical (unpaired) electrons. The van der Waals surface area contributed by atoms with Crippen molar-refractivity contribution in [2.24, 2.45) is 20.5 Å². The number of methoxy groups -OCH3 is 1. The third-order valence-electron chi connectivity index (χ3n) is 4.79. The number of nitrogens with zero attached hydrogens (tertiary/aromatic N) is 4. The van der Waals surface area contributed by atoms with Crippen molar-refractivity contribution in [3.05, 3.63) is 42.0 Å². The topological polar surface area (TPSA) is 222 Å². The summed E-state index contributed by atoms with van der Waals surface area (Å²) in [6, 6.07) is 5.82. The van der Waals surface area contributed by atoms with Crippen molar-refractivity contribution < 1.29 is 43.6 Å². The van der Waals surface area contributed by atoms with E-state index in [1.807, 2.05) is 0 Å². The zero-order valence-corrected chi connectivity index (χ0v) is 21.1. The van der Waals surface area contributed by atoms with Gasteiger partial charge in [-0.1, -0.05) is 0 Å². The first-order chi connectivity index (χ1) is 16.6. The largest absolute Gasteiger partial charge is 0.494 e. The standard InChI is InChI=1S/C19H18N4O10S3/c1-10-4-15(21-20-2)17(33-3)9-14(10)22-23-16-8-13-11(6-19(16)36(30,31)32)5-12(34(24,25)26)7-18(13)35(27,28)29/h4-9H,1-3H3,(H,24,25,26)(H,27,28,29)(H,30,31,32). The van der Waals surface area contributed by atoms with E-state index in [9.17, 15) is 38.9 Å². The fourth-order valence-corrected chi connectivity index (χ4v) is 5.18. The highest BCUT2D eigenvalue weighted by atomic mass is 32.2. The van der Waals surface area contributed by atoms with Crippen LogP contribution in [-0.4, -0.2) is 53.1 Å². The lowest BCUT2D eigenvalue weighted by atomic mass is 10.1. The van der Waals surface area contributed by atoms with Crippen molar-refractivity contribution in [2.45, 2.75) is 21.6 Å². The van der Waals surface area contributed by atoms with Crippen LogP contribution in [0.1, 0.15) is 5.56 Å². The van der Waals surface area contributed by atoms with Gasteiger partial charge in [0.25, 0.3) is 30.4 Å². The Morgan fingerprint density at radius 1 is 0.694 bits per heavy atom. The van der Waals surface area contributed by atoms with Crippen LogP contribution in [-0.2, 0) is 30.4 Å². The summed E-state index contributed by atoms with van der Waals surface area (Å²) in [5.74, 6) is 0.264. The molecule has 17 heteroatoms. The van der Waals surface area contributed by atoms with Crippen molar-refractivity contribution in [1.29, 1.82) is 0 Å². The van der Waals surface area contributed by atoms with E-state index in [0.717, 1.165) is 18.2 Å². The first kappa shape index (κ1) is 27.2. The number of rotatable bonds is 7. The molecule has 0 aliphatic carbocycles. The molecular weight excluding hydrogens is 540 g/mol. The second kappa shape index (κ2) is 9.60. The summed E-state index contributed by atoms with van der Waals surface area (Å²) in [5, 5.41) is 14.6. The van der Waals surface area contributed by atoms with E-state index >= 15 is 0 Å². The van der Waals surface area contributed by atoms with Crippen LogP contribution in [0.25, 0.3) is 10.8 Å². The summed E-state index contributed by atoms with van der Waals surface area (Å²) >= 11 is 0. The van der Waals surface area contributed by atoms with Crippen molar-refractivity contribution in [3.63, 3.8) is 0 Å². The Labute approximate surface area is 205 Å². The van der Waals surface area contributed by atoms with Gasteiger partial charge in [0.05, 0.1) is 17.7 Å². The molecule has 0 fully saturated rings. The Hall–Kier alpha value is -3.35. The fourth-order valence-electron chi connectivity index (χ4n) is 3.19. The normalized spacial score (nSPS) is 13.2. The second-order valence-electron chi connectivity index (χ2n) is 7.20. The molecule has 192 valence electrons. The average molecular weight is 559 g/mol. The molecule has 3 aromatic carbocycles. The van der Waals surface area contributed by atoms with Gasteiger partial charge in [-0.2, -0.15) is 40.6 Å². The van der Waals surface area contributed by atoms with Crippen LogP contribution in [0.15, 0.2) is 71.5 Å². The lowest BCUT2D eigenvalue weighted by Gasteiger charge is -2.10. The minimum absolute atomic E-state index is 0.194. The maximum Gasteiger partial charge on any atom is 0.296 e. The van der Waals surface area contributed by atoms with Gasteiger partial charge >= 0.3 is 0 Å². The molecule has 0 saturated carbocycles. The zero-order chi connectivity index (χ0) is 27.1. The Kier molecular flexibility index (Phi) is 7.26. The van der Waals surface area contributed by atoms with E-state index in [1.54, 1.807) is 13.0 Å². The fraction of sp³-hybridized carbons (Fsp3) is 0.158. The number of benzene rings is 3. The molecule has 3 N–H and O–H groups in total. The Bertz CT molecular complexity index is 1760. The first-order valence-corrected chi connectivity index (χ1v) is 13.8. The molecule has 0 saturated heterocycles. The highest BCUT2D eigenvalue weighted by Gasteiger charge is 2.24. The molecule has 3 rings (SSSR count). The van der Waals surface area contributed by atoms with Gasteiger partial charge in [-0.05, 0) is 48.2 Å². The van der Waals surface area contributed by atoms with Crippen LogP contribution in [0.4, 0.5) is 17.1 Å². The number of ether oxygens (including phenoxy) is 1. The van der Waals surface area contributed by atoms with E-state index in [-0.39, 0.29) is 22.2 Å². The van der Waals surface area contributed by atoms with Gasteiger partial charge in [-0.25, -0.2) is 0 Å². The second-order valence-corrected chi connectivity index (χ2v) is 11.4. The van der Waals surface area contributed by atoms with E-state index in [0.29, 0.717) is 17.3 Å². The third kappa shape index (κ3) is 5.72. The van der Waals surface area contributed by atoms with Crippen LogP contribution in [0, 0.1) is 6.92 Å². The van der Waals surface area contributed by atoms with Crippen LogP contribution >= 0.6 is 0 Å². The van der Waals surface area contributed by atoms with Crippen LogP contribution < -0.4 is 4.74 Å². The van der Waals surface area contributed by atoms with Crippen molar-refractivity contribution in [3.8, 4) is 5.75 Å². The van der Waals surface area contributed by atoms with E-state index in [2.05, 4.69) is 20.5 Å². The third-order valence-corrected chi connectivity index (χ3v) is 7.40. The summed E-state index contributed by atoms with van der Waals surface area (Å²) in [5.41, 5.74) is 0.561. The van der Waals surface area contributed by atoms with Gasteiger partial charge < -0.3 is 4.74 Å². The Balaban J connectivity index is 2.35. The molecule has 0 aliphatic rings. The molecule has 0 heterocycles. The lowest BCUT2D eigenvalue weighted by Crippen LogP contribution is -2.05. The summed E-state index contributed by atoms with van der Waals surface area (Å²) < 4.78 is 105. The highest BCUT2D eigenvalue weighted by Crippen LogP contribution is 2.38. The van der Waals surface area contributed by atoms with Crippen molar-refractivity contribution in [1.82, 2.24) is 0 Å². The van der Waals surface area contributed by atoms with Crippen LogP contribution in [0.2, 0.25) is 0 Å². The monoisotopic (exact) mass is 558 g/mol. The molecule has 14 nitrogen and oxygen atoms in total. The minimum atomic E-state index is -5.07. The van der Waals surface area contributed by atoms with Crippen LogP contribution in [0.3, 0.4) is 0 Å². The van der Waals surface area contributed by atoms with E-state index in [4.69, 9.17) is 4.74 Å². The molecule has 0 spiro atoms. The van der Waals surface area contributed by atoms with Crippen molar-refractivity contribution >= 4 is 58.2 Å². The molecule has 0 unspecified atom stereocenters. The van der Waals surface area contributed by atoms with E-state index in [1.165, 1.54) is 20.2 Å². The molecular formula is C19H18N4O10S3. The molecule has 0 aliphatic heterocycles. The summed E-state index contributed by atoms with van der Waals surface area (Å²) in [6.07, 6.45) is 0. The summed E-state index contributed by atoms with van der Waals surface area (Å²) in [4.78, 5) is -2.75. The number of fused-ring (bicyclic) bond motifs is 1. The van der Waals surface area contributed by atoms with Gasteiger partial charge in [-0.15, -0.1) is 5.11 Å². The Morgan fingerprint density at radius 3 is 1.83 bits per heavy atom. The predicted molar refractivity (Wildman–Crippen MR) is 126 cm³/mol. The predicted octanol–water partition coefficient (Wildman–Crippen LogP) is 4.03. The number of aryl methyl sites for hydroxylation is 1. The number of hydrogen-bond donors (Lipinski definition) is 3. The van der Waals surface area contributed by atoms with Gasteiger partial charge in [0, 0.05) is 18.5 Å². The molecule has 0 aromatic heterocycles. The molecule has 0 amide bonds. The quantitative estimate of drug-likeness (QED) is 0.279. The smallest absolute Gasteiger partial charge is 0.296 e. The lowest BCUT2D eigenvalue weighted by molar-refractivity contribution is 0.416. The Morgan fingerprint density at radius 2 is 1.31 bits per heavy atom. The zero-order valence-electron chi connectivity index (χ0n) is 18.7. The minimum Gasteiger partial charge on any atom is -0.494 e. The molecule has 0 bridgehead atoms. The van der Waals surface area contributed by atoms with Crippen molar-refractivity contribution in [2.75, 3.05) is 14.2 Å². The SMILES string of the molecule is CN=Nc1cc(C)c(N=Nc2cc3c(S(=O)(=O)O)cc(S(=O)(=O)O)cc3cc2S(=O)(=O)O)cc1OC. The van der Waals surface area contributed by atoms with E-state index < -0.39 is 50.7 Å². The first-order valence-electron chi connectivity index (χ1n) is 9.50. The van der Waals surface area contributed by atoms with Gasteiger partial charge in [0.1, 0.15) is 26.9 Å². The summed E-state index contributed by atoms with van der Waals surface area (Å²) in [6.45, 7) is 1.64. The number of hydrogen-bond acceptors (Lipinski definition) is 11. The molecule has 0 atom stereocenters. The van der Waals surface area contributed by atoms with Gasteiger partial charge in [0.15, 0.2) is 0 Å². The highest BCUT2D eigenvalue weighted by molar-refractivity contribution is 7.87. The maximum atomic E-state index is 12.0. The molecule has 36 heavy (non-hydrogen) atoms. The number of azo groups is 2. The van der Waals surface area contributed by atoms with Gasteiger partial charge in [0.2, 0.25) is 0 Å². The molecule has 3 aromatic rings. The summed E-state index contributed by atoms with van der Waals surface area (Å²) in [7, 11) is -12.2. The average Bonchev–Trinajstić information content (AvgIpc) is 2.75.